The maximum Gasteiger partial charge on any atom is 0.328 e. The molecule has 0 aliphatic rings. The largest absolute Gasteiger partial charge is 0.506 e. The molecule has 19 nitrogen and oxygen atoms in total. The number of aromatic hydroxyl groups is 2. The van der Waals surface area contributed by atoms with Crippen molar-refractivity contribution in [3.05, 3.63) is 72.3 Å². The second-order valence-corrected chi connectivity index (χ2v) is 12.8. The minimum atomic E-state index is -4.76. The van der Waals surface area contributed by atoms with Crippen molar-refractivity contribution in [1.82, 2.24) is 20.4 Å². The lowest BCUT2D eigenvalue weighted by Crippen LogP contribution is -2.25. The highest BCUT2D eigenvalue weighted by molar-refractivity contribution is 7.85. The van der Waals surface area contributed by atoms with Crippen LogP contribution in [-0.4, -0.2) is 64.2 Å². The third kappa shape index (κ3) is 9.72. The van der Waals surface area contributed by atoms with E-state index >= 15 is 0 Å². The Morgan fingerprint density at radius 3 is 2.35 bits per heavy atom. The highest BCUT2D eigenvalue weighted by Crippen LogP contribution is 2.42. The van der Waals surface area contributed by atoms with Crippen LogP contribution in [0.3, 0.4) is 0 Å². The van der Waals surface area contributed by atoms with Crippen molar-refractivity contribution < 1.29 is 46.2 Å². The van der Waals surface area contributed by atoms with Crippen molar-refractivity contribution in [2.24, 2.45) is 10.2 Å². The minimum absolute atomic E-state index is 0.00967. The van der Waals surface area contributed by atoms with Gasteiger partial charge in [-0.05, 0) is 67.3 Å². The van der Waals surface area contributed by atoms with E-state index in [-0.39, 0.29) is 76.6 Å². The molecule has 5 aromatic rings. The first-order valence-corrected chi connectivity index (χ1v) is 17.3. The number of azo groups is 1. The van der Waals surface area contributed by atoms with E-state index in [2.05, 4.69) is 46.1 Å². The lowest BCUT2D eigenvalue weighted by molar-refractivity contribution is -0.137. The number of aliphatic carboxylic acids is 1. The Kier molecular flexibility index (Phi) is 11.0. The maximum atomic E-state index is 12.2. The van der Waals surface area contributed by atoms with Gasteiger partial charge in [-0.25, -0.2) is 13.8 Å². The van der Waals surface area contributed by atoms with Crippen LogP contribution in [0.25, 0.3) is 10.8 Å². The third-order valence-electron chi connectivity index (χ3n) is 6.79. The number of benzene rings is 4. The van der Waals surface area contributed by atoms with Crippen LogP contribution in [0.2, 0.25) is 0 Å². The summed E-state index contributed by atoms with van der Waals surface area (Å²) in [7, 11) is -7.76. The molecule has 51 heavy (non-hydrogen) atoms. The van der Waals surface area contributed by atoms with Crippen molar-refractivity contribution in [2.45, 2.75) is 24.7 Å². The Balaban J connectivity index is 1.55. The number of fused-ring (bicyclic) bond motifs is 1. The number of carboxylic acids is 1. The number of phenols is 2. The average molecular weight is 740 g/mol. The van der Waals surface area contributed by atoms with E-state index in [0.717, 1.165) is 17.7 Å². The van der Waals surface area contributed by atoms with E-state index in [1.807, 2.05) is 6.92 Å². The van der Waals surface area contributed by atoms with Gasteiger partial charge in [0.2, 0.25) is 22.8 Å². The summed E-state index contributed by atoms with van der Waals surface area (Å²) in [6.45, 7) is 2.11. The van der Waals surface area contributed by atoms with Crippen molar-refractivity contribution in [1.29, 1.82) is 0 Å². The predicted octanol–water partition coefficient (Wildman–Crippen LogP) is 4.66. The SMILES string of the molecule is Cc1ccc(Oc2nc(NNCCCC(=O)O)nc(Nc3cc(S(=O)(=O)O)cc4ccc(N=Nc5cc(N[SH](=O)=O)ccc5O)c(O)c34)n2)cc1. The number of carboxylic acid groups (broad SMARTS) is 1. The number of nitrogens with one attached hydrogen (secondary N) is 4. The molecule has 8 N–H and O–H groups in total. The van der Waals surface area contributed by atoms with Gasteiger partial charge < -0.3 is 25.4 Å². The van der Waals surface area contributed by atoms with E-state index < -0.39 is 37.6 Å². The zero-order valence-corrected chi connectivity index (χ0v) is 28.0. The fraction of sp³-hybridized carbons (Fsp3) is 0.133. The summed E-state index contributed by atoms with van der Waals surface area (Å²) in [5, 5.41) is 41.3. The number of carbonyl (C=O) groups is 1. The molecular weight excluding hydrogens is 711 g/mol. The summed E-state index contributed by atoms with van der Waals surface area (Å²) < 4.78 is 64.4. The number of aryl methyl sites for hydroxylation is 1. The zero-order chi connectivity index (χ0) is 36.7. The van der Waals surface area contributed by atoms with Crippen LogP contribution in [0.4, 0.5) is 34.6 Å². The van der Waals surface area contributed by atoms with Crippen molar-refractivity contribution in [2.75, 3.05) is 22.0 Å². The molecule has 0 aliphatic carbocycles. The second kappa shape index (κ2) is 15.6. The molecule has 0 bridgehead atoms. The normalized spacial score (nSPS) is 11.6. The monoisotopic (exact) mass is 739 g/mol. The molecule has 4 aromatic carbocycles. The first kappa shape index (κ1) is 36.1. The average Bonchev–Trinajstić information content (AvgIpc) is 3.05. The van der Waals surface area contributed by atoms with E-state index in [1.54, 1.807) is 24.3 Å². The number of rotatable bonds is 15. The van der Waals surface area contributed by atoms with Gasteiger partial charge in [-0.1, -0.05) is 23.8 Å². The summed E-state index contributed by atoms with van der Waals surface area (Å²) in [6.07, 6.45) is 0.194. The standard InChI is InChI=1S/C30H29N9O10S2/c1-16-4-8-19(9-5-16)49-30-34-28(33-29(35-30)38-31-12-2-3-25(41)42)32-23-15-20(51(46,47)48)13-17-6-10-21(27(43)26(17)23)36-37-22-14-18(39-50(44)45)7-11-24(22)40/h4-11,13-15,31,40,43,50H,2-3,12H2,1H3,(H,41,42)(H,39,44,45)(H,46,47,48)(H2,32,33,34,35,38). The molecule has 0 amide bonds. The van der Waals surface area contributed by atoms with Gasteiger partial charge in [-0.15, -0.1) is 10.2 Å². The van der Waals surface area contributed by atoms with Crippen molar-refractivity contribution in [3.63, 3.8) is 0 Å². The molecule has 0 atom stereocenters. The summed E-state index contributed by atoms with van der Waals surface area (Å²) >= 11 is 0. The van der Waals surface area contributed by atoms with Gasteiger partial charge >= 0.3 is 12.0 Å². The van der Waals surface area contributed by atoms with Gasteiger partial charge in [0.1, 0.15) is 22.9 Å². The van der Waals surface area contributed by atoms with Gasteiger partial charge in [-0.2, -0.15) is 23.4 Å². The molecule has 0 radical (unpaired) electrons. The number of anilines is 4. The van der Waals surface area contributed by atoms with Gasteiger partial charge in [-0.3, -0.25) is 19.5 Å². The van der Waals surface area contributed by atoms with Crippen LogP contribution >= 0.6 is 0 Å². The molecule has 5 rings (SSSR count). The minimum Gasteiger partial charge on any atom is -0.506 e. The number of aromatic nitrogens is 3. The number of ether oxygens (including phenoxy) is 1. The van der Waals surface area contributed by atoms with Crippen LogP contribution in [0.1, 0.15) is 18.4 Å². The first-order chi connectivity index (χ1) is 24.2. The van der Waals surface area contributed by atoms with E-state index in [4.69, 9.17) is 9.84 Å². The Morgan fingerprint density at radius 1 is 0.922 bits per heavy atom. The maximum absolute atomic E-state index is 12.2. The van der Waals surface area contributed by atoms with Crippen LogP contribution in [-0.2, 0) is 25.8 Å². The van der Waals surface area contributed by atoms with Gasteiger partial charge in [0.15, 0.2) is 5.75 Å². The molecule has 0 saturated carbocycles. The van der Waals surface area contributed by atoms with Crippen LogP contribution in [0, 0.1) is 6.92 Å². The molecule has 1 heterocycles. The molecule has 0 saturated heterocycles. The Labute approximate surface area is 290 Å². The first-order valence-electron chi connectivity index (χ1n) is 14.7. The van der Waals surface area contributed by atoms with Crippen molar-refractivity contribution >= 4 is 72.4 Å². The molecule has 1 aromatic heterocycles. The number of hydrogen-bond donors (Lipinski definition) is 9. The number of phenolic OH excluding ortho intramolecular Hbond substituents is 2. The fourth-order valence-corrected chi connectivity index (χ4v) is 5.33. The number of nitrogens with zero attached hydrogens (tertiary/aromatic N) is 5. The highest BCUT2D eigenvalue weighted by atomic mass is 32.2. The highest BCUT2D eigenvalue weighted by Gasteiger charge is 2.20. The molecule has 0 unspecified atom stereocenters. The Morgan fingerprint density at radius 2 is 1.65 bits per heavy atom. The zero-order valence-electron chi connectivity index (χ0n) is 26.3. The summed E-state index contributed by atoms with van der Waals surface area (Å²) in [5.41, 5.74) is 6.18. The number of hydrazine groups is 1. The second-order valence-electron chi connectivity index (χ2n) is 10.6. The lowest BCUT2D eigenvalue weighted by Gasteiger charge is -2.14. The smallest absolute Gasteiger partial charge is 0.328 e. The van der Waals surface area contributed by atoms with Gasteiger partial charge in [0.05, 0.1) is 16.3 Å². The summed E-state index contributed by atoms with van der Waals surface area (Å²) in [4.78, 5) is 23.1. The molecule has 0 spiro atoms. The van der Waals surface area contributed by atoms with Crippen LogP contribution in [0.15, 0.2) is 81.9 Å². The third-order valence-corrected chi connectivity index (χ3v) is 8.06. The van der Waals surface area contributed by atoms with Crippen molar-refractivity contribution in [3.8, 4) is 23.3 Å². The van der Waals surface area contributed by atoms with E-state index in [9.17, 15) is 36.4 Å². The topological polar surface area (TPSA) is 287 Å². The number of hydrogen-bond acceptors (Lipinski definition) is 16. The quantitative estimate of drug-likeness (QED) is 0.0176. The van der Waals surface area contributed by atoms with Crippen LogP contribution in [0.5, 0.6) is 23.3 Å². The van der Waals surface area contributed by atoms with Crippen LogP contribution < -0.4 is 25.6 Å². The molecular formula is C30H29N9O10S2. The Hall–Kier alpha value is -6.16. The molecule has 266 valence electrons. The molecule has 0 fully saturated rings. The summed E-state index contributed by atoms with van der Waals surface area (Å²) in [5.74, 6) is -1.75. The fourth-order valence-electron chi connectivity index (χ4n) is 4.44. The number of thiol groups is 1. The predicted molar refractivity (Wildman–Crippen MR) is 185 cm³/mol. The van der Waals surface area contributed by atoms with Gasteiger partial charge in [0.25, 0.3) is 10.1 Å². The lowest BCUT2D eigenvalue weighted by atomic mass is 10.1. The Bertz CT molecular complexity index is 2310. The van der Waals surface area contributed by atoms with E-state index in [1.165, 1.54) is 30.3 Å². The van der Waals surface area contributed by atoms with Gasteiger partial charge in [0, 0.05) is 18.4 Å². The summed E-state index contributed by atoms with van der Waals surface area (Å²) in [6, 6.07) is 15.2. The molecule has 21 heteroatoms. The van der Waals surface area contributed by atoms with E-state index in [0.29, 0.717) is 5.75 Å². The molecule has 0 aliphatic heterocycles.